The van der Waals surface area contributed by atoms with Crippen LogP contribution in [0.4, 0.5) is 22.0 Å². The van der Waals surface area contributed by atoms with Crippen LogP contribution in [-0.2, 0) is 4.74 Å². The van der Waals surface area contributed by atoms with Gasteiger partial charge in [0, 0.05) is 18.2 Å². The second-order valence-electron chi connectivity index (χ2n) is 11.4. The summed E-state index contributed by atoms with van der Waals surface area (Å²) >= 11 is 0. The summed E-state index contributed by atoms with van der Waals surface area (Å²) in [6.07, 6.45) is 9.93. The van der Waals surface area contributed by atoms with E-state index in [1.54, 1.807) is 0 Å². The second kappa shape index (κ2) is 11.7. The fourth-order valence-electron chi connectivity index (χ4n) is 6.60. The van der Waals surface area contributed by atoms with Crippen molar-refractivity contribution in [2.75, 3.05) is 6.61 Å². The Hall–Kier alpha value is -1.43. The first-order valence-corrected chi connectivity index (χ1v) is 13.5. The highest BCUT2D eigenvalue weighted by molar-refractivity contribution is 5.52. The van der Waals surface area contributed by atoms with E-state index in [1.807, 2.05) is 0 Å². The summed E-state index contributed by atoms with van der Waals surface area (Å²) in [5.41, 5.74) is -0.0615. The summed E-state index contributed by atoms with van der Waals surface area (Å²) in [5, 5.41) is 0. The van der Waals surface area contributed by atoms with Crippen LogP contribution in [0.5, 0.6) is 0 Å². The number of benzene rings is 1. The molecule has 0 aliphatic heterocycles. The van der Waals surface area contributed by atoms with Crippen molar-refractivity contribution in [3.63, 3.8) is 0 Å². The SMILES string of the molecule is CC1CCC(COC2CCC(C3CCC(c4cc(F)c(/C=C/C(F)(F)F)c(F)c4)CC3)CC2)CC1. The molecule has 0 spiro atoms. The molecule has 1 aromatic carbocycles. The van der Waals surface area contributed by atoms with E-state index in [1.165, 1.54) is 50.7 Å². The average molecular weight is 499 g/mol. The molecule has 0 amide bonds. The number of halogens is 5. The third-order valence-electron chi connectivity index (χ3n) is 8.87. The maximum absolute atomic E-state index is 14.4. The standard InChI is InChI=1S/C29H39F5O/c1-19-2-4-20(5-3-19)18-35-25-12-10-22(11-13-25)21-6-8-23(9-7-21)24-16-27(30)26(28(31)17-24)14-15-29(32,33)34/h14-17,19-23,25H,2-13,18H2,1H3/b15-14+. The minimum Gasteiger partial charge on any atom is -0.378 e. The molecule has 1 nitrogen and oxygen atoms in total. The average Bonchev–Trinajstić information content (AvgIpc) is 2.83. The lowest BCUT2D eigenvalue weighted by atomic mass is 9.69. The third-order valence-corrected chi connectivity index (χ3v) is 8.87. The number of hydrogen-bond donors (Lipinski definition) is 0. The third kappa shape index (κ3) is 7.53. The molecular weight excluding hydrogens is 459 g/mol. The highest BCUT2D eigenvalue weighted by Crippen LogP contribution is 2.44. The van der Waals surface area contributed by atoms with Crippen molar-refractivity contribution in [3.8, 4) is 0 Å². The lowest BCUT2D eigenvalue weighted by Crippen LogP contribution is -2.29. The molecule has 0 unspecified atom stereocenters. The Bertz CT molecular complexity index is 816. The number of allylic oxidation sites excluding steroid dienone is 1. The molecule has 0 radical (unpaired) electrons. The van der Waals surface area contributed by atoms with Gasteiger partial charge in [0.1, 0.15) is 11.6 Å². The Balaban J connectivity index is 1.22. The minimum atomic E-state index is -4.60. The van der Waals surface area contributed by atoms with Crippen molar-refractivity contribution in [1.82, 2.24) is 0 Å². The minimum absolute atomic E-state index is 0.0637. The summed E-state index contributed by atoms with van der Waals surface area (Å²) in [4.78, 5) is 0. The first kappa shape index (κ1) is 26.6. The van der Waals surface area contributed by atoms with Gasteiger partial charge in [-0.25, -0.2) is 8.78 Å². The molecule has 35 heavy (non-hydrogen) atoms. The van der Waals surface area contributed by atoms with Gasteiger partial charge in [-0.15, -0.1) is 0 Å². The van der Waals surface area contributed by atoms with Crippen LogP contribution in [0.15, 0.2) is 18.2 Å². The van der Waals surface area contributed by atoms with Gasteiger partial charge in [-0.2, -0.15) is 13.2 Å². The van der Waals surface area contributed by atoms with Gasteiger partial charge in [0.2, 0.25) is 0 Å². The van der Waals surface area contributed by atoms with Gasteiger partial charge in [-0.3, -0.25) is 0 Å². The van der Waals surface area contributed by atoms with Gasteiger partial charge in [-0.1, -0.05) is 19.8 Å². The summed E-state index contributed by atoms with van der Waals surface area (Å²) in [7, 11) is 0. The lowest BCUT2D eigenvalue weighted by molar-refractivity contribution is -0.0790. The molecular formula is C29H39F5O. The van der Waals surface area contributed by atoms with E-state index in [0.29, 0.717) is 29.6 Å². The van der Waals surface area contributed by atoms with Crippen molar-refractivity contribution < 1.29 is 26.7 Å². The second-order valence-corrected chi connectivity index (χ2v) is 11.4. The van der Waals surface area contributed by atoms with Crippen LogP contribution in [0.3, 0.4) is 0 Å². The molecule has 4 rings (SSSR count). The highest BCUT2D eigenvalue weighted by atomic mass is 19.4. The van der Waals surface area contributed by atoms with E-state index in [9.17, 15) is 22.0 Å². The quantitative estimate of drug-likeness (QED) is 0.355. The Morgan fingerprint density at radius 1 is 0.800 bits per heavy atom. The van der Waals surface area contributed by atoms with Crippen LogP contribution in [0, 0.1) is 35.3 Å². The topological polar surface area (TPSA) is 9.23 Å². The molecule has 196 valence electrons. The maximum atomic E-state index is 14.4. The Labute approximate surface area is 206 Å². The van der Waals surface area contributed by atoms with Gasteiger partial charge >= 0.3 is 6.18 Å². The Morgan fingerprint density at radius 2 is 1.34 bits per heavy atom. The molecule has 3 saturated carbocycles. The molecule has 3 aliphatic rings. The summed E-state index contributed by atoms with van der Waals surface area (Å²) in [6, 6.07) is 2.44. The van der Waals surface area contributed by atoms with Crippen LogP contribution in [0.25, 0.3) is 6.08 Å². The number of hydrogen-bond acceptors (Lipinski definition) is 1. The van der Waals surface area contributed by atoms with Crippen molar-refractivity contribution >= 4 is 6.08 Å². The van der Waals surface area contributed by atoms with Gasteiger partial charge in [-0.05, 0) is 118 Å². The molecule has 0 atom stereocenters. The summed E-state index contributed by atoms with van der Waals surface area (Å²) < 4.78 is 72.2. The zero-order valence-corrected chi connectivity index (χ0v) is 20.8. The lowest BCUT2D eigenvalue weighted by Gasteiger charge is -2.38. The van der Waals surface area contributed by atoms with Gasteiger partial charge < -0.3 is 4.74 Å². The van der Waals surface area contributed by atoms with Crippen molar-refractivity contribution in [2.45, 2.75) is 102 Å². The van der Waals surface area contributed by atoms with E-state index >= 15 is 0 Å². The van der Waals surface area contributed by atoms with Crippen molar-refractivity contribution in [2.24, 2.45) is 23.7 Å². The van der Waals surface area contributed by atoms with Crippen LogP contribution in [0.1, 0.15) is 101 Å². The van der Waals surface area contributed by atoms with E-state index < -0.39 is 23.4 Å². The first-order chi connectivity index (χ1) is 16.7. The molecule has 0 N–H and O–H groups in total. The highest BCUT2D eigenvalue weighted by Gasteiger charge is 2.32. The molecule has 1 aromatic rings. The van der Waals surface area contributed by atoms with Gasteiger partial charge in [0.05, 0.1) is 6.10 Å². The molecule has 0 aromatic heterocycles. The number of alkyl halides is 3. The fourth-order valence-corrected chi connectivity index (χ4v) is 6.60. The van der Waals surface area contributed by atoms with Crippen LogP contribution in [0.2, 0.25) is 0 Å². The largest absolute Gasteiger partial charge is 0.409 e. The predicted octanol–water partition coefficient (Wildman–Crippen LogP) is 9.22. The van der Waals surface area contributed by atoms with E-state index in [4.69, 9.17) is 4.74 Å². The smallest absolute Gasteiger partial charge is 0.378 e. The summed E-state index contributed by atoms with van der Waals surface area (Å²) in [5.74, 6) is 1.17. The fraction of sp³-hybridized carbons (Fsp3) is 0.724. The molecule has 0 bridgehead atoms. The molecule has 3 aliphatic carbocycles. The van der Waals surface area contributed by atoms with Crippen LogP contribution >= 0.6 is 0 Å². The van der Waals surface area contributed by atoms with Gasteiger partial charge in [0.25, 0.3) is 0 Å². The zero-order valence-electron chi connectivity index (χ0n) is 20.8. The van der Waals surface area contributed by atoms with Crippen LogP contribution in [-0.4, -0.2) is 18.9 Å². The predicted molar refractivity (Wildman–Crippen MR) is 129 cm³/mol. The monoisotopic (exact) mass is 498 g/mol. The van der Waals surface area contributed by atoms with E-state index in [-0.39, 0.29) is 12.0 Å². The maximum Gasteiger partial charge on any atom is 0.409 e. The number of rotatable bonds is 6. The van der Waals surface area contributed by atoms with Gasteiger partial charge in [0.15, 0.2) is 0 Å². The molecule has 0 heterocycles. The Kier molecular flexibility index (Phi) is 8.94. The molecule has 3 fully saturated rings. The number of ether oxygens (including phenoxy) is 1. The first-order valence-electron chi connectivity index (χ1n) is 13.5. The molecule has 6 heteroatoms. The van der Waals surface area contributed by atoms with E-state index in [0.717, 1.165) is 57.0 Å². The molecule has 0 saturated heterocycles. The normalized spacial score (nSPS) is 32.7. The van der Waals surface area contributed by atoms with Crippen LogP contribution < -0.4 is 0 Å². The Morgan fingerprint density at radius 3 is 1.89 bits per heavy atom. The summed E-state index contributed by atoms with van der Waals surface area (Å²) in [6.45, 7) is 3.27. The van der Waals surface area contributed by atoms with E-state index in [2.05, 4.69) is 6.92 Å². The van der Waals surface area contributed by atoms with Crippen molar-refractivity contribution in [1.29, 1.82) is 0 Å². The van der Waals surface area contributed by atoms with Crippen molar-refractivity contribution in [3.05, 3.63) is 41.0 Å². The zero-order chi connectivity index (χ0) is 25.0.